The minimum Gasteiger partial charge on any atom is -0.330 e. The molecule has 0 heterocycles. The SMILES string of the molecule is CC1CCC(CN)C(c2cc(F)ccc2Cl)C1. The fourth-order valence-corrected chi connectivity index (χ4v) is 3.16. The summed E-state index contributed by atoms with van der Waals surface area (Å²) in [5.41, 5.74) is 6.77. The van der Waals surface area contributed by atoms with Crippen molar-refractivity contribution < 1.29 is 4.39 Å². The normalized spacial score (nSPS) is 29.3. The molecular weight excluding hydrogens is 237 g/mol. The molecule has 3 unspecified atom stereocenters. The third-order valence-electron chi connectivity index (χ3n) is 3.92. The number of hydrogen-bond donors (Lipinski definition) is 1. The summed E-state index contributed by atoms with van der Waals surface area (Å²) in [6.07, 6.45) is 3.39. The second-order valence-corrected chi connectivity index (χ2v) is 5.59. The lowest BCUT2D eigenvalue weighted by molar-refractivity contribution is 0.253. The maximum absolute atomic E-state index is 13.3. The van der Waals surface area contributed by atoms with Gasteiger partial charge in [-0.2, -0.15) is 0 Å². The zero-order valence-electron chi connectivity index (χ0n) is 10.1. The van der Waals surface area contributed by atoms with Gasteiger partial charge in [-0.15, -0.1) is 0 Å². The van der Waals surface area contributed by atoms with Crippen LogP contribution in [0.25, 0.3) is 0 Å². The molecule has 94 valence electrons. The van der Waals surface area contributed by atoms with Crippen molar-refractivity contribution in [2.45, 2.75) is 32.1 Å². The average molecular weight is 256 g/mol. The zero-order chi connectivity index (χ0) is 12.4. The fraction of sp³-hybridized carbons (Fsp3) is 0.571. The van der Waals surface area contributed by atoms with E-state index in [0.717, 1.165) is 18.4 Å². The Hall–Kier alpha value is -0.600. The molecule has 1 fully saturated rings. The molecule has 1 aromatic rings. The summed E-state index contributed by atoms with van der Waals surface area (Å²) in [5, 5.41) is 0.670. The minimum absolute atomic E-state index is 0.210. The van der Waals surface area contributed by atoms with Gasteiger partial charge >= 0.3 is 0 Å². The Morgan fingerprint density at radius 1 is 1.41 bits per heavy atom. The highest BCUT2D eigenvalue weighted by Gasteiger charge is 2.30. The van der Waals surface area contributed by atoms with Gasteiger partial charge in [-0.25, -0.2) is 4.39 Å². The van der Waals surface area contributed by atoms with E-state index in [2.05, 4.69) is 6.92 Å². The van der Waals surface area contributed by atoms with Gasteiger partial charge in [-0.05, 0) is 60.9 Å². The van der Waals surface area contributed by atoms with Crippen LogP contribution < -0.4 is 5.73 Å². The molecule has 17 heavy (non-hydrogen) atoms. The van der Waals surface area contributed by atoms with Gasteiger partial charge in [-0.1, -0.05) is 24.9 Å². The molecule has 0 radical (unpaired) electrons. The monoisotopic (exact) mass is 255 g/mol. The number of nitrogens with two attached hydrogens (primary N) is 1. The van der Waals surface area contributed by atoms with Crippen molar-refractivity contribution >= 4 is 11.6 Å². The van der Waals surface area contributed by atoms with Crippen LogP contribution in [0.4, 0.5) is 4.39 Å². The molecule has 3 atom stereocenters. The van der Waals surface area contributed by atoms with Gasteiger partial charge in [0, 0.05) is 5.02 Å². The molecule has 0 aromatic heterocycles. The molecular formula is C14H19ClFN. The van der Waals surface area contributed by atoms with E-state index in [1.807, 2.05) is 0 Å². The first kappa shape index (κ1) is 12.8. The van der Waals surface area contributed by atoms with Crippen LogP contribution in [0.2, 0.25) is 5.02 Å². The molecule has 0 saturated heterocycles. The van der Waals surface area contributed by atoms with Crippen molar-refractivity contribution in [1.82, 2.24) is 0 Å². The highest BCUT2D eigenvalue weighted by molar-refractivity contribution is 6.31. The molecule has 1 aromatic carbocycles. The molecule has 2 rings (SSSR count). The molecule has 1 saturated carbocycles. The Balaban J connectivity index is 2.31. The lowest BCUT2D eigenvalue weighted by atomic mass is 9.71. The maximum Gasteiger partial charge on any atom is 0.123 e. The van der Waals surface area contributed by atoms with Gasteiger partial charge in [0.25, 0.3) is 0 Å². The van der Waals surface area contributed by atoms with Gasteiger partial charge in [0.05, 0.1) is 0 Å². The number of rotatable bonds is 2. The number of benzene rings is 1. The van der Waals surface area contributed by atoms with Crippen molar-refractivity contribution in [2.24, 2.45) is 17.6 Å². The first-order valence-corrected chi connectivity index (χ1v) is 6.64. The van der Waals surface area contributed by atoms with E-state index in [1.54, 1.807) is 12.1 Å². The second kappa shape index (κ2) is 5.36. The van der Waals surface area contributed by atoms with E-state index in [1.165, 1.54) is 12.5 Å². The summed E-state index contributed by atoms with van der Waals surface area (Å²) in [7, 11) is 0. The van der Waals surface area contributed by atoms with Crippen molar-refractivity contribution in [1.29, 1.82) is 0 Å². The first-order valence-electron chi connectivity index (χ1n) is 6.26. The lowest BCUT2D eigenvalue weighted by Crippen LogP contribution is -2.28. The van der Waals surface area contributed by atoms with Crippen LogP contribution in [0.1, 0.15) is 37.7 Å². The van der Waals surface area contributed by atoms with Crippen LogP contribution in [-0.4, -0.2) is 6.54 Å². The smallest absolute Gasteiger partial charge is 0.123 e. The van der Waals surface area contributed by atoms with E-state index in [-0.39, 0.29) is 5.82 Å². The van der Waals surface area contributed by atoms with Gasteiger partial charge in [0.15, 0.2) is 0 Å². The Morgan fingerprint density at radius 2 is 2.18 bits per heavy atom. The van der Waals surface area contributed by atoms with Crippen LogP contribution in [0.3, 0.4) is 0 Å². The van der Waals surface area contributed by atoms with Crippen LogP contribution in [0, 0.1) is 17.7 Å². The average Bonchev–Trinajstić information content (AvgIpc) is 2.32. The molecule has 1 nitrogen and oxygen atoms in total. The van der Waals surface area contributed by atoms with Gasteiger partial charge in [0.1, 0.15) is 5.82 Å². The van der Waals surface area contributed by atoms with Crippen LogP contribution in [-0.2, 0) is 0 Å². The van der Waals surface area contributed by atoms with Crippen molar-refractivity contribution in [2.75, 3.05) is 6.54 Å². The van der Waals surface area contributed by atoms with E-state index in [0.29, 0.717) is 29.3 Å². The third kappa shape index (κ3) is 2.80. The Labute approximate surface area is 107 Å². The van der Waals surface area contributed by atoms with Crippen LogP contribution >= 0.6 is 11.6 Å². The standard InChI is InChI=1S/C14H19ClFN/c1-9-2-3-10(8-17)12(6-9)13-7-11(16)4-5-14(13)15/h4-5,7,9-10,12H,2-3,6,8,17H2,1H3. The molecule has 2 N–H and O–H groups in total. The van der Waals surface area contributed by atoms with E-state index in [4.69, 9.17) is 17.3 Å². The summed E-state index contributed by atoms with van der Waals surface area (Å²) < 4.78 is 13.3. The molecule has 1 aliphatic carbocycles. The predicted octanol–water partition coefficient (Wildman–Crippen LogP) is 3.96. The quantitative estimate of drug-likeness (QED) is 0.851. The van der Waals surface area contributed by atoms with E-state index < -0.39 is 0 Å². The first-order chi connectivity index (χ1) is 8.11. The van der Waals surface area contributed by atoms with Crippen molar-refractivity contribution in [3.8, 4) is 0 Å². The third-order valence-corrected chi connectivity index (χ3v) is 4.26. The summed E-state index contributed by atoms with van der Waals surface area (Å²) >= 11 is 6.19. The molecule has 3 heteroatoms. The molecule has 0 amide bonds. The second-order valence-electron chi connectivity index (χ2n) is 5.19. The Bertz CT molecular complexity index is 394. The van der Waals surface area contributed by atoms with Crippen LogP contribution in [0.5, 0.6) is 0 Å². The molecule has 0 aliphatic heterocycles. The Kier molecular flexibility index (Phi) is 4.05. The van der Waals surface area contributed by atoms with Gasteiger partial charge in [-0.3, -0.25) is 0 Å². The summed E-state index contributed by atoms with van der Waals surface area (Å²) in [6, 6.07) is 4.64. The highest BCUT2D eigenvalue weighted by atomic mass is 35.5. The molecule has 0 spiro atoms. The van der Waals surface area contributed by atoms with E-state index in [9.17, 15) is 4.39 Å². The van der Waals surface area contributed by atoms with Gasteiger partial charge in [0.2, 0.25) is 0 Å². The van der Waals surface area contributed by atoms with Gasteiger partial charge < -0.3 is 5.73 Å². The summed E-state index contributed by atoms with van der Waals surface area (Å²) in [5.74, 6) is 1.21. The highest BCUT2D eigenvalue weighted by Crippen LogP contribution is 2.42. The topological polar surface area (TPSA) is 26.0 Å². The lowest BCUT2D eigenvalue weighted by Gasteiger charge is -2.35. The number of hydrogen-bond acceptors (Lipinski definition) is 1. The van der Waals surface area contributed by atoms with Crippen molar-refractivity contribution in [3.63, 3.8) is 0 Å². The van der Waals surface area contributed by atoms with E-state index >= 15 is 0 Å². The zero-order valence-corrected chi connectivity index (χ0v) is 10.9. The largest absolute Gasteiger partial charge is 0.330 e. The van der Waals surface area contributed by atoms with Crippen LogP contribution in [0.15, 0.2) is 18.2 Å². The molecule has 1 aliphatic rings. The summed E-state index contributed by atoms with van der Waals surface area (Å²) in [6.45, 7) is 2.90. The summed E-state index contributed by atoms with van der Waals surface area (Å²) in [4.78, 5) is 0. The number of halogens is 2. The predicted molar refractivity (Wildman–Crippen MR) is 69.7 cm³/mol. The van der Waals surface area contributed by atoms with Crippen molar-refractivity contribution in [3.05, 3.63) is 34.6 Å². The minimum atomic E-state index is -0.210. The Morgan fingerprint density at radius 3 is 2.88 bits per heavy atom. The molecule has 0 bridgehead atoms. The maximum atomic E-state index is 13.3. The fourth-order valence-electron chi connectivity index (χ4n) is 2.91.